The molecule has 4 rings (SSSR count). The van der Waals surface area contributed by atoms with Gasteiger partial charge in [-0.05, 0) is 53.8 Å². The van der Waals surface area contributed by atoms with Crippen LogP contribution in [0.4, 0.5) is 0 Å². The van der Waals surface area contributed by atoms with Crippen LogP contribution in [0.2, 0.25) is 0 Å². The number of carboxylic acids is 1. The van der Waals surface area contributed by atoms with Gasteiger partial charge in [0.2, 0.25) is 5.75 Å². The molecule has 0 bridgehead atoms. The van der Waals surface area contributed by atoms with E-state index in [1.165, 1.54) is 0 Å². The van der Waals surface area contributed by atoms with Crippen LogP contribution in [-0.2, 0) is 11.4 Å². The van der Waals surface area contributed by atoms with Gasteiger partial charge < -0.3 is 28.8 Å². The van der Waals surface area contributed by atoms with Gasteiger partial charge in [-0.2, -0.15) is 0 Å². The molecule has 3 aromatic rings. The second kappa shape index (κ2) is 11.9. The molecule has 0 aromatic heterocycles. The van der Waals surface area contributed by atoms with E-state index in [2.05, 4.69) is 0 Å². The molecule has 37 heavy (non-hydrogen) atoms. The summed E-state index contributed by atoms with van der Waals surface area (Å²) in [5.41, 5.74) is 2.74. The van der Waals surface area contributed by atoms with Gasteiger partial charge >= 0.3 is 5.97 Å². The lowest BCUT2D eigenvalue weighted by molar-refractivity contribution is -0.142. The van der Waals surface area contributed by atoms with Crippen molar-refractivity contribution >= 4 is 5.97 Å². The zero-order valence-electron chi connectivity index (χ0n) is 21.6. The van der Waals surface area contributed by atoms with Crippen molar-refractivity contribution in [1.82, 2.24) is 4.90 Å². The molecule has 1 aliphatic heterocycles. The molecule has 1 N–H and O–H groups in total. The molecule has 0 spiro atoms. The van der Waals surface area contributed by atoms with Crippen LogP contribution in [0.25, 0.3) is 0 Å². The van der Waals surface area contributed by atoms with Crippen LogP contribution in [0.3, 0.4) is 0 Å². The van der Waals surface area contributed by atoms with Gasteiger partial charge in [0.05, 0.1) is 34.5 Å². The second-order valence-electron chi connectivity index (χ2n) is 8.78. The highest BCUT2D eigenvalue weighted by Crippen LogP contribution is 2.45. The van der Waals surface area contributed by atoms with Crippen molar-refractivity contribution in [2.24, 2.45) is 0 Å². The molecular formula is C29H33NO7. The number of likely N-dealkylation sites (tertiary alicyclic amines) is 1. The fourth-order valence-electron chi connectivity index (χ4n) is 4.91. The van der Waals surface area contributed by atoms with E-state index in [0.29, 0.717) is 48.3 Å². The molecule has 0 amide bonds. The van der Waals surface area contributed by atoms with E-state index in [1.807, 2.05) is 65.6 Å². The first kappa shape index (κ1) is 26.2. The molecule has 1 aliphatic rings. The van der Waals surface area contributed by atoms with Gasteiger partial charge in [0.1, 0.15) is 12.6 Å². The van der Waals surface area contributed by atoms with Crippen molar-refractivity contribution in [3.05, 3.63) is 77.4 Å². The predicted octanol–water partition coefficient (Wildman–Crippen LogP) is 4.94. The Balaban J connectivity index is 1.77. The number of ether oxygens (including phenoxy) is 5. The zero-order valence-corrected chi connectivity index (χ0v) is 21.6. The number of rotatable bonds is 11. The number of methoxy groups -OCH3 is 4. The molecular weight excluding hydrogens is 474 g/mol. The van der Waals surface area contributed by atoms with Crippen molar-refractivity contribution < 1.29 is 33.6 Å². The van der Waals surface area contributed by atoms with Gasteiger partial charge in [0.15, 0.2) is 23.0 Å². The van der Waals surface area contributed by atoms with Crippen LogP contribution in [-0.4, -0.2) is 57.0 Å². The first-order valence-electron chi connectivity index (χ1n) is 12.1. The number of hydrogen-bond donors (Lipinski definition) is 1. The monoisotopic (exact) mass is 507 g/mol. The van der Waals surface area contributed by atoms with Crippen LogP contribution in [0.15, 0.2) is 60.7 Å². The lowest BCUT2D eigenvalue weighted by Crippen LogP contribution is -2.39. The minimum Gasteiger partial charge on any atom is -0.493 e. The smallest absolute Gasteiger partial charge is 0.320 e. The molecule has 0 radical (unpaired) electrons. The number of nitrogens with zero attached hydrogens (tertiary/aromatic N) is 1. The van der Waals surface area contributed by atoms with Gasteiger partial charge in [0, 0.05) is 6.54 Å². The maximum absolute atomic E-state index is 12.2. The highest BCUT2D eigenvalue weighted by Gasteiger charge is 2.38. The largest absolute Gasteiger partial charge is 0.493 e. The van der Waals surface area contributed by atoms with Crippen molar-refractivity contribution in [1.29, 1.82) is 0 Å². The third-order valence-electron chi connectivity index (χ3n) is 6.65. The minimum atomic E-state index is -0.843. The summed E-state index contributed by atoms with van der Waals surface area (Å²) in [6.45, 7) is 1.03. The molecule has 1 saturated heterocycles. The average molecular weight is 508 g/mol. The van der Waals surface area contributed by atoms with E-state index in [4.69, 9.17) is 23.7 Å². The van der Waals surface area contributed by atoms with Crippen LogP contribution >= 0.6 is 0 Å². The SMILES string of the molecule is COc1cc(C(c2cc(OC)c(OC)c(OC)c2)N2CCCC2C(=O)O)ccc1OCc1ccccc1. The summed E-state index contributed by atoms with van der Waals surface area (Å²) in [4.78, 5) is 14.2. The Bertz CT molecular complexity index is 1190. The number of benzene rings is 3. The number of carbonyl (C=O) groups is 1. The summed E-state index contributed by atoms with van der Waals surface area (Å²) >= 11 is 0. The number of aliphatic carboxylic acids is 1. The van der Waals surface area contributed by atoms with E-state index in [0.717, 1.165) is 23.1 Å². The molecule has 2 unspecified atom stereocenters. The Hall–Kier alpha value is -3.91. The Labute approximate surface area is 217 Å². The van der Waals surface area contributed by atoms with Crippen LogP contribution in [0.1, 0.15) is 35.6 Å². The maximum atomic E-state index is 12.2. The topological polar surface area (TPSA) is 86.7 Å². The fourth-order valence-corrected chi connectivity index (χ4v) is 4.91. The lowest BCUT2D eigenvalue weighted by atomic mass is 9.95. The van der Waals surface area contributed by atoms with E-state index >= 15 is 0 Å². The fraction of sp³-hybridized carbons (Fsp3) is 0.345. The van der Waals surface area contributed by atoms with Crippen molar-refractivity contribution in [3.63, 3.8) is 0 Å². The molecule has 1 fully saturated rings. The highest BCUT2D eigenvalue weighted by molar-refractivity contribution is 5.74. The normalized spacial score (nSPS) is 16.2. The third kappa shape index (κ3) is 5.59. The highest BCUT2D eigenvalue weighted by atomic mass is 16.5. The molecule has 0 aliphatic carbocycles. The standard InChI is InChI=1S/C29H33NO7/c1-33-24-15-20(12-13-23(24)37-18-19-9-6-5-7-10-19)27(30-14-8-11-22(30)29(31)32)21-16-25(34-2)28(36-4)26(17-21)35-3/h5-7,9-10,12-13,15-17,22,27H,8,11,14,18H2,1-4H3,(H,31,32). The van der Waals surface area contributed by atoms with E-state index in [1.54, 1.807) is 28.4 Å². The second-order valence-corrected chi connectivity index (χ2v) is 8.78. The molecule has 3 aromatic carbocycles. The van der Waals surface area contributed by atoms with Crippen molar-refractivity contribution in [3.8, 4) is 28.7 Å². The van der Waals surface area contributed by atoms with Gasteiger partial charge in [-0.3, -0.25) is 9.69 Å². The molecule has 196 valence electrons. The van der Waals surface area contributed by atoms with Crippen LogP contribution in [0.5, 0.6) is 28.7 Å². The quantitative estimate of drug-likeness (QED) is 0.391. The van der Waals surface area contributed by atoms with E-state index in [-0.39, 0.29) is 0 Å². The molecule has 2 atom stereocenters. The number of carboxylic acid groups (broad SMARTS) is 1. The maximum Gasteiger partial charge on any atom is 0.320 e. The summed E-state index contributed by atoms with van der Waals surface area (Å²) in [5, 5.41) is 9.98. The predicted molar refractivity (Wildman–Crippen MR) is 139 cm³/mol. The van der Waals surface area contributed by atoms with Gasteiger partial charge in [-0.1, -0.05) is 36.4 Å². The van der Waals surface area contributed by atoms with Gasteiger partial charge in [-0.15, -0.1) is 0 Å². The van der Waals surface area contributed by atoms with Crippen molar-refractivity contribution in [2.75, 3.05) is 35.0 Å². The third-order valence-corrected chi connectivity index (χ3v) is 6.65. The Morgan fingerprint density at radius 2 is 1.51 bits per heavy atom. The summed E-state index contributed by atoms with van der Waals surface area (Å²) in [6, 6.07) is 18.4. The first-order valence-corrected chi connectivity index (χ1v) is 12.1. The van der Waals surface area contributed by atoms with Crippen LogP contribution < -0.4 is 23.7 Å². The van der Waals surface area contributed by atoms with E-state index in [9.17, 15) is 9.90 Å². The molecule has 8 nitrogen and oxygen atoms in total. The summed E-state index contributed by atoms with van der Waals surface area (Å²) in [7, 11) is 6.28. The van der Waals surface area contributed by atoms with Crippen molar-refractivity contribution in [2.45, 2.75) is 31.5 Å². The van der Waals surface area contributed by atoms with E-state index < -0.39 is 18.1 Å². The first-order chi connectivity index (χ1) is 18.0. The summed E-state index contributed by atoms with van der Waals surface area (Å²) in [6.07, 6.45) is 1.36. The van der Waals surface area contributed by atoms with Gasteiger partial charge in [0.25, 0.3) is 0 Å². The summed E-state index contributed by atoms with van der Waals surface area (Å²) in [5.74, 6) is 1.81. The zero-order chi connectivity index (χ0) is 26.4. The summed E-state index contributed by atoms with van der Waals surface area (Å²) < 4.78 is 28.4. The molecule has 1 heterocycles. The Morgan fingerprint density at radius 1 is 0.865 bits per heavy atom. The molecule has 0 saturated carbocycles. The number of hydrogen-bond acceptors (Lipinski definition) is 7. The Kier molecular flexibility index (Phi) is 8.40. The lowest BCUT2D eigenvalue weighted by Gasteiger charge is -2.33. The van der Waals surface area contributed by atoms with Crippen LogP contribution in [0, 0.1) is 0 Å². The van der Waals surface area contributed by atoms with Gasteiger partial charge in [-0.25, -0.2) is 0 Å². The molecule has 8 heteroatoms. The average Bonchev–Trinajstić information content (AvgIpc) is 3.42. The Morgan fingerprint density at radius 3 is 2.11 bits per heavy atom. The minimum absolute atomic E-state index is 0.394.